The van der Waals surface area contributed by atoms with Crippen LogP contribution in [0, 0.1) is 0 Å². The van der Waals surface area contributed by atoms with E-state index in [0.29, 0.717) is 22.2 Å². The van der Waals surface area contributed by atoms with Crippen LogP contribution in [0.25, 0.3) is 11.0 Å². The molecule has 0 atom stereocenters. The molecule has 3 N–H and O–H groups in total. The molecule has 0 bridgehead atoms. The number of benzene rings is 3. The maximum absolute atomic E-state index is 13.0. The number of hydrogen-bond donors (Lipinski definition) is 2. The van der Waals surface area contributed by atoms with Gasteiger partial charge in [0.05, 0.1) is 16.3 Å². The fraction of sp³-hybridized carbons (Fsp3) is 0.0476. The average Bonchev–Trinajstić information content (AvgIpc) is 3.14. The lowest BCUT2D eigenvalue weighted by atomic mass is 10.2. The van der Waals surface area contributed by atoms with E-state index >= 15 is 0 Å². The van der Waals surface area contributed by atoms with Crippen molar-refractivity contribution >= 4 is 53.8 Å². The minimum atomic E-state index is -4.21. The molecule has 0 unspecified atom stereocenters. The minimum Gasteiger partial charge on any atom is -0.443 e. The third-order valence-electron chi connectivity index (χ3n) is 4.53. The Labute approximate surface area is 184 Å². The van der Waals surface area contributed by atoms with E-state index in [-0.39, 0.29) is 26.5 Å². The molecule has 31 heavy (non-hydrogen) atoms. The zero-order valence-corrected chi connectivity index (χ0v) is 18.3. The van der Waals surface area contributed by atoms with Crippen molar-refractivity contribution in [1.29, 1.82) is 0 Å². The Morgan fingerprint density at radius 2 is 1.61 bits per heavy atom. The quantitative estimate of drug-likeness (QED) is 0.397. The summed E-state index contributed by atoms with van der Waals surface area (Å²) in [5.74, 6) is -0.339. The van der Waals surface area contributed by atoms with Crippen molar-refractivity contribution in [3.05, 3.63) is 83.4 Å². The highest BCUT2D eigenvalue weighted by atomic mass is 35.5. The van der Waals surface area contributed by atoms with Crippen molar-refractivity contribution in [2.75, 3.05) is 10.5 Å². The molecule has 0 aliphatic heterocycles. The molecule has 0 saturated carbocycles. The minimum absolute atomic E-state index is 0.164. The Bertz CT molecular complexity index is 1440. The summed E-state index contributed by atoms with van der Waals surface area (Å²) < 4.78 is 59.6. The number of para-hydroxylation sites is 1. The number of furan rings is 1. The first-order chi connectivity index (χ1) is 14.6. The van der Waals surface area contributed by atoms with Gasteiger partial charge in [-0.15, -0.1) is 0 Å². The first-order valence-corrected chi connectivity index (χ1v) is 12.5. The van der Waals surface area contributed by atoms with Crippen LogP contribution in [0.3, 0.4) is 0 Å². The molecule has 0 spiro atoms. The Morgan fingerprint density at radius 3 is 2.32 bits per heavy atom. The number of sulfonamides is 1. The molecule has 0 radical (unpaired) electrons. The van der Waals surface area contributed by atoms with E-state index in [9.17, 15) is 16.8 Å². The maximum Gasteiger partial charge on any atom is 0.295 e. The second-order valence-electron chi connectivity index (χ2n) is 6.85. The van der Waals surface area contributed by atoms with Crippen LogP contribution in [0.2, 0.25) is 5.02 Å². The SMILES string of the molecule is Nc1ccc(CS(=O)(=O)c2ccc(Cl)cc2NS(=O)(=O)c2cc3ccccc3o2)cc1. The van der Waals surface area contributed by atoms with E-state index in [2.05, 4.69) is 4.72 Å². The molecule has 3 aromatic carbocycles. The Balaban J connectivity index is 1.71. The Morgan fingerprint density at radius 1 is 0.903 bits per heavy atom. The van der Waals surface area contributed by atoms with Gasteiger partial charge in [-0.1, -0.05) is 41.9 Å². The van der Waals surface area contributed by atoms with Gasteiger partial charge in [-0.25, -0.2) is 8.42 Å². The average molecular weight is 477 g/mol. The molecule has 0 aliphatic rings. The van der Waals surface area contributed by atoms with Crippen LogP contribution in [-0.4, -0.2) is 16.8 Å². The molecular weight excluding hydrogens is 460 g/mol. The molecule has 0 saturated heterocycles. The molecule has 1 heterocycles. The summed E-state index contributed by atoms with van der Waals surface area (Å²) in [7, 11) is -8.12. The number of nitrogens with one attached hydrogen (secondary N) is 1. The molecule has 0 aliphatic carbocycles. The van der Waals surface area contributed by atoms with Crippen molar-refractivity contribution in [2.45, 2.75) is 15.7 Å². The topological polar surface area (TPSA) is 119 Å². The third kappa shape index (κ3) is 4.53. The van der Waals surface area contributed by atoms with Gasteiger partial charge in [-0.2, -0.15) is 8.42 Å². The van der Waals surface area contributed by atoms with E-state index in [1.807, 2.05) is 0 Å². The van der Waals surface area contributed by atoms with Gasteiger partial charge in [-0.05, 0) is 42.0 Å². The van der Waals surface area contributed by atoms with Gasteiger partial charge in [-0.3, -0.25) is 4.72 Å². The van der Waals surface area contributed by atoms with Gasteiger partial charge < -0.3 is 10.2 Å². The van der Waals surface area contributed by atoms with Crippen molar-refractivity contribution in [2.24, 2.45) is 0 Å². The predicted molar refractivity (Wildman–Crippen MR) is 120 cm³/mol. The molecule has 4 rings (SSSR count). The van der Waals surface area contributed by atoms with Crippen LogP contribution in [0.5, 0.6) is 0 Å². The van der Waals surface area contributed by atoms with E-state index in [0.717, 1.165) is 0 Å². The molecular formula is C21H17ClN2O5S2. The second kappa shape index (κ2) is 7.92. The first kappa shape index (κ1) is 21.2. The van der Waals surface area contributed by atoms with Crippen LogP contribution < -0.4 is 10.5 Å². The van der Waals surface area contributed by atoms with Gasteiger partial charge in [0.25, 0.3) is 10.0 Å². The van der Waals surface area contributed by atoms with E-state index in [4.69, 9.17) is 21.8 Å². The summed E-state index contributed by atoms with van der Waals surface area (Å²) in [4.78, 5) is -0.201. The van der Waals surface area contributed by atoms with Crippen LogP contribution in [-0.2, 0) is 25.6 Å². The van der Waals surface area contributed by atoms with Crippen LogP contribution in [0.4, 0.5) is 11.4 Å². The highest BCUT2D eigenvalue weighted by Crippen LogP contribution is 2.31. The normalized spacial score (nSPS) is 12.2. The number of halogens is 1. The number of anilines is 2. The smallest absolute Gasteiger partial charge is 0.295 e. The monoisotopic (exact) mass is 476 g/mol. The number of sulfone groups is 1. The fourth-order valence-electron chi connectivity index (χ4n) is 3.05. The highest BCUT2D eigenvalue weighted by molar-refractivity contribution is 7.93. The Kier molecular flexibility index (Phi) is 5.42. The van der Waals surface area contributed by atoms with Gasteiger partial charge in [0.1, 0.15) is 5.58 Å². The lowest BCUT2D eigenvalue weighted by molar-refractivity contribution is 0.484. The summed E-state index contributed by atoms with van der Waals surface area (Å²) in [6.45, 7) is 0. The number of nitrogen functional groups attached to an aromatic ring is 1. The van der Waals surface area contributed by atoms with Crippen LogP contribution in [0.1, 0.15) is 5.56 Å². The van der Waals surface area contributed by atoms with Gasteiger partial charge >= 0.3 is 0 Å². The summed E-state index contributed by atoms with van der Waals surface area (Å²) in [6.07, 6.45) is 0. The molecule has 160 valence electrons. The molecule has 7 nitrogen and oxygen atoms in total. The number of rotatable bonds is 6. The zero-order valence-electron chi connectivity index (χ0n) is 15.9. The number of nitrogens with two attached hydrogens (primary N) is 1. The van der Waals surface area contributed by atoms with Crippen LogP contribution >= 0.6 is 11.6 Å². The van der Waals surface area contributed by atoms with Gasteiger partial charge in [0.15, 0.2) is 9.84 Å². The molecule has 1 aromatic heterocycles. The van der Waals surface area contributed by atoms with E-state index in [1.54, 1.807) is 48.5 Å². The predicted octanol–water partition coefficient (Wildman–Crippen LogP) is 4.44. The Hall–Kier alpha value is -3.01. The van der Waals surface area contributed by atoms with E-state index in [1.165, 1.54) is 24.3 Å². The van der Waals surface area contributed by atoms with Crippen molar-refractivity contribution in [1.82, 2.24) is 0 Å². The molecule has 4 aromatic rings. The van der Waals surface area contributed by atoms with Crippen molar-refractivity contribution in [3.63, 3.8) is 0 Å². The third-order valence-corrected chi connectivity index (χ3v) is 7.72. The van der Waals surface area contributed by atoms with Gasteiger partial charge in [0, 0.05) is 22.2 Å². The largest absolute Gasteiger partial charge is 0.443 e. The summed E-state index contributed by atoms with van der Waals surface area (Å²) in [5.41, 5.74) is 6.89. The van der Waals surface area contributed by atoms with Crippen LogP contribution in [0.15, 0.2) is 87.2 Å². The standard InChI is InChI=1S/C21H17ClN2O5S2/c22-16-7-10-20(30(25,26)13-14-5-8-17(23)9-6-14)18(12-16)24-31(27,28)21-11-15-3-1-2-4-19(15)29-21/h1-12,24H,13,23H2. The number of fused-ring (bicyclic) bond motifs is 1. The zero-order chi connectivity index (χ0) is 22.2. The first-order valence-electron chi connectivity index (χ1n) is 9.02. The molecule has 10 heteroatoms. The lowest BCUT2D eigenvalue weighted by Gasteiger charge is -2.13. The summed E-state index contributed by atoms with van der Waals surface area (Å²) in [5, 5.41) is 0.439. The lowest BCUT2D eigenvalue weighted by Crippen LogP contribution is -2.16. The fourth-order valence-corrected chi connectivity index (χ4v) is 5.83. The summed E-state index contributed by atoms with van der Waals surface area (Å²) >= 11 is 6.02. The molecule has 0 fully saturated rings. The number of hydrogen-bond acceptors (Lipinski definition) is 6. The van der Waals surface area contributed by atoms with Gasteiger partial charge in [0.2, 0.25) is 5.09 Å². The highest BCUT2D eigenvalue weighted by Gasteiger charge is 2.25. The molecule has 0 amide bonds. The maximum atomic E-state index is 13.0. The van der Waals surface area contributed by atoms with E-state index < -0.39 is 19.9 Å². The van der Waals surface area contributed by atoms with Crippen molar-refractivity contribution in [3.8, 4) is 0 Å². The second-order valence-corrected chi connectivity index (χ2v) is 10.9. The summed E-state index contributed by atoms with van der Waals surface area (Å²) in [6, 6.07) is 18.5. The van der Waals surface area contributed by atoms with Crippen molar-refractivity contribution < 1.29 is 21.3 Å².